The first-order chi connectivity index (χ1) is 13.8. The summed E-state index contributed by atoms with van der Waals surface area (Å²) in [6, 6.07) is 0.883. The van der Waals surface area contributed by atoms with E-state index in [0.717, 1.165) is 19.2 Å². The molecule has 1 saturated carbocycles. The molecule has 31 heavy (non-hydrogen) atoms. The van der Waals surface area contributed by atoms with Crippen LogP contribution in [0.15, 0.2) is 21.9 Å². The lowest BCUT2D eigenvalue weighted by atomic mass is 9.96. The molecule has 2 unspecified atom stereocenters. The number of aliphatic hydroxyl groups is 1. The van der Waals surface area contributed by atoms with Gasteiger partial charge in [-0.3, -0.25) is 18.9 Å². The van der Waals surface area contributed by atoms with E-state index in [1.165, 1.54) is 0 Å². The minimum Gasteiger partial charge on any atom is -0.383 e. The van der Waals surface area contributed by atoms with Crippen molar-refractivity contribution in [1.29, 1.82) is 0 Å². The van der Waals surface area contributed by atoms with E-state index in [4.69, 9.17) is 19.4 Å². The molecule has 0 amide bonds. The Hall–Kier alpha value is -1.06. The normalized spacial score (nSPS) is 36.4. The van der Waals surface area contributed by atoms with Gasteiger partial charge in [0.1, 0.15) is 11.2 Å². The summed E-state index contributed by atoms with van der Waals surface area (Å²) in [6.45, 7) is -0.240. The third-order valence-electron chi connectivity index (χ3n) is 4.76. The summed E-state index contributed by atoms with van der Waals surface area (Å²) in [4.78, 5) is 60.6. The van der Waals surface area contributed by atoms with Crippen molar-refractivity contribution < 1.29 is 60.6 Å². The SMILES string of the molecule is C[C@]1(F)[C@H](n2ccc(=O)[nH]c2=O)O[C@@]2(COP(=O)(O)OP(=O)(O)OP(=O)(O)O)C[C@@]21O. The molecular formula is C11H16FN2O14P3. The van der Waals surface area contributed by atoms with Crippen LogP contribution in [0.4, 0.5) is 4.39 Å². The molecule has 16 nitrogen and oxygen atoms in total. The molecule has 3 rings (SSSR count). The van der Waals surface area contributed by atoms with E-state index in [-0.39, 0.29) is 0 Å². The molecule has 0 aromatic carbocycles. The number of hydrogen-bond donors (Lipinski definition) is 6. The molecule has 0 spiro atoms. The summed E-state index contributed by atoms with van der Waals surface area (Å²) in [5.74, 6) is 0. The highest BCUT2D eigenvalue weighted by Gasteiger charge is 2.85. The zero-order chi connectivity index (χ0) is 23.7. The van der Waals surface area contributed by atoms with Crippen LogP contribution in [0.1, 0.15) is 19.6 Å². The van der Waals surface area contributed by atoms with Crippen molar-refractivity contribution >= 4 is 23.5 Å². The first-order valence-electron chi connectivity index (χ1n) is 8.02. The van der Waals surface area contributed by atoms with Gasteiger partial charge in [-0.1, -0.05) is 0 Å². The van der Waals surface area contributed by atoms with Crippen LogP contribution in [-0.4, -0.2) is 57.7 Å². The fourth-order valence-corrected chi connectivity index (χ4v) is 6.34. The van der Waals surface area contributed by atoms with E-state index >= 15 is 4.39 Å². The number of hydrogen-bond acceptors (Lipinski definition) is 10. The van der Waals surface area contributed by atoms with Crippen molar-refractivity contribution in [2.45, 2.75) is 36.4 Å². The van der Waals surface area contributed by atoms with E-state index < -0.39 is 70.8 Å². The zero-order valence-electron chi connectivity index (χ0n) is 15.2. The average molecular weight is 512 g/mol. The van der Waals surface area contributed by atoms with Crippen molar-refractivity contribution in [2.24, 2.45) is 0 Å². The van der Waals surface area contributed by atoms with Crippen LogP contribution < -0.4 is 11.2 Å². The first kappa shape index (κ1) is 24.6. The minimum absolute atomic E-state index is 0.489. The Balaban J connectivity index is 1.78. The Bertz CT molecular complexity index is 1160. The Labute approximate surface area is 170 Å². The van der Waals surface area contributed by atoms with Crippen LogP contribution in [0.2, 0.25) is 0 Å². The molecule has 2 aliphatic rings. The summed E-state index contributed by atoms with van der Waals surface area (Å²) in [7, 11) is -16.9. The Morgan fingerprint density at radius 3 is 2.39 bits per heavy atom. The number of H-pyrrole nitrogens is 1. The van der Waals surface area contributed by atoms with Crippen LogP contribution in [0.3, 0.4) is 0 Å². The third kappa shape index (κ3) is 4.55. The van der Waals surface area contributed by atoms with E-state index in [9.17, 15) is 33.3 Å². The summed E-state index contributed by atoms with van der Waals surface area (Å²) in [5, 5.41) is 10.6. The maximum atomic E-state index is 15.3. The predicted octanol–water partition coefficient (Wildman–Crippen LogP) is -0.990. The molecule has 2 fully saturated rings. The fraction of sp³-hybridized carbons (Fsp3) is 0.636. The lowest BCUT2D eigenvalue weighted by Crippen LogP contribution is -2.46. The number of alkyl halides is 1. The molecule has 1 aromatic rings. The first-order valence-corrected chi connectivity index (χ1v) is 12.5. The second kappa shape index (κ2) is 7.22. The van der Waals surface area contributed by atoms with Gasteiger partial charge in [-0.2, -0.15) is 8.62 Å². The molecule has 6 N–H and O–H groups in total. The van der Waals surface area contributed by atoms with Gasteiger partial charge in [0.25, 0.3) is 5.56 Å². The minimum atomic E-state index is -5.78. The van der Waals surface area contributed by atoms with Crippen LogP contribution in [0, 0.1) is 0 Å². The van der Waals surface area contributed by atoms with E-state index in [2.05, 4.69) is 13.1 Å². The number of halogens is 1. The van der Waals surface area contributed by atoms with Gasteiger partial charge < -0.3 is 29.4 Å². The number of aromatic nitrogens is 2. The van der Waals surface area contributed by atoms with Crippen LogP contribution in [-0.2, 0) is 31.6 Å². The number of fused-ring (bicyclic) bond motifs is 1. The lowest BCUT2D eigenvalue weighted by Gasteiger charge is -2.28. The second-order valence-corrected chi connectivity index (χ2v) is 11.4. The molecule has 6 atom stereocenters. The van der Waals surface area contributed by atoms with Gasteiger partial charge in [0.2, 0.25) is 0 Å². The zero-order valence-corrected chi connectivity index (χ0v) is 17.9. The lowest BCUT2D eigenvalue weighted by molar-refractivity contribution is -0.106. The van der Waals surface area contributed by atoms with Gasteiger partial charge in [0, 0.05) is 18.7 Å². The van der Waals surface area contributed by atoms with Crippen LogP contribution >= 0.6 is 23.5 Å². The largest absolute Gasteiger partial charge is 0.490 e. The standard InChI is InChI=1S/C11H16FN2O14P3/c1-9(12)7(14-3-2-6(15)13-8(14)16)26-10(4-11(9,10)17)5-25-30(21,22)28-31(23,24)27-29(18,19)20/h2-3,7,17H,4-5H2,1H3,(H,21,22)(H,23,24)(H,13,15,16)(H2,18,19,20)/t7-,9+,10-,11+/m1/s1. The Morgan fingerprint density at radius 2 is 1.84 bits per heavy atom. The van der Waals surface area contributed by atoms with Crippen molar-refractivity contribution in [2.75, 3.05) is 6.61 Å². The van der Waals surface area contributed by atoms with Crippen molar-refractivity contribution in [1.82, 2.24) is 9.55 Å². The second-order valence-electron chi connectivity index (χ2n) is 6.96. The average Bonchev–Trinajstić information content (AvgIpc) is 3.10. The molecule has 1 aliphatic carbocycles. The summed E-state index contributed by atoms with van der Waals surface area (Å²) < 4.78 is 66.7. The third-order valence-corrected chi connectivity index (χ3v) is 8.54. The highest BCUT2D eigenvalue weighted by Crippen LogP contribution is 2.71. The maximum Gasteiger partial charge on any atom is 0.490 e. The monoisotopic (exact) mass is 512 g/mol. The van der Waals surface area contributed by atoms with Crippen LogP contribution in [0.25, 0.3) is 0 Å². The predicted molar refractivity (Wildman–Crippen MR) is 93.1 cm³/mol. The fourth-order valence-electron chi connectivity index (χ4n) is 3.28. The highest BCUT2D eigenvalue weighted by atomic mass is 31.3. The topological polar surface area (TPSA) is 244 Å². The van der Waals surface area contributed by atoms with Crippen molar-refractivity contribution in [3.63, 3.8) is 0 Å². The molecule has 1 saturated heterocycles. The molecule has 2 heterocycles. The number of phosphoric acid groups is 3. The van der Waals surface area contributed by atoms with E-state index in [1.54, 1.807) is 0 Å². The summed E-state index contributed by atoms with van der Waals surface area (Å²) in [5.41, 5.74) is -8.89. The number of ether oxygens (including phenoxy) is 1. The number of aromatic amines is 1. The van der Waals surface area contributed by atoms with Crippen molar-refractivity contribution in [3.8, 4) is 0 Å². The van der Waals surface area contributed by atoms with Gasteiger partial charge in [0.15, 0.2) is 11.9 Å². The molecule has 176 valence electrons. The molecule has 1 aromatic heterocycles. The van der Waals surface area contributed by atoms with Crippen LogP contribution in [0.5, 0.6) is 0 Å². The van der Waals surface area contributed by atoms with Gasteiger partial charge >= 0.3 is 29.2 Å². The van der Waals surface area contributed by atoms with E-state index in [0.29, 0.717) is 4.57 Å². The molecular weight excluding hydrogens is 496 g/mol. The van der Waals surface area contributed by atoms with Gasteiger partial charge in [0.05, 0.1) is 6.61 Å². The smallest absolute Gasteiger partial charge is 0.383 e. The highest BCUT2D eigenvalue weighted by molar-refractivity contribution is 7.66. The molecule has 0 radical (unpaired) electrons. The number of nitrogens with one attached hydrogen (secondary N) is 1. The Morgan fingerprint density at radius 1 is 1.23 bits per heavy atom. The summed E-state index contributed by atoms with van der Waals surface area (Å²) >= 11 is 0. The number of nitrogens with zero attached hydrogens (tertiary/aromatic N) is 1. The molecule has 20 heteroatoms. The molecule has 1 aliphatic heterocycles. The van der Waals surface area contributed by atoms with Gasteiger partial charge in [-0.05, 0) is 6.92 Å². The van der Waals surface area contributed by atoms with E-state index in [1.807, 2.05) is 4.98 Å². The van der Waals surface area contributed by atoms with Gasteiger partial charge in [-0.15, -0.1) is 0 Å². The van der Waals surface area contributed by atoms with Gasteiger partial charge in [-0.25, -0.2) is 22.9 Å². The quantitative estimate of drug-likeness (QED) is 0.229. The molecule has 0 bridgehead atoms. The number of phosphoric ester groups is 1. The number of rotatable bonds is 8. The summed E-state index contributed by atoms with van der Waals surface area (Å²) in [6.07, 6.45) is -1.40. The maximum absolute atomic E-state index is 15.3. The van der Waals surface area contributed by atoms with Crippen molar-refractivity contribution in [3.05, 3.63) is 33.1 Å². The Kier molecular flexibility index (Phi) is 5.72.